The number of aromatic nitrogens is 1. The van der Waals surface area contributed by atoms with Crippen molar-refractivity contribution in [2.24, 2.45) is 13.0 Å². The van der Waals surface area contributed by atoms with Gasteiger partial charge in [-0.3, -0.25) is 4.79 Å². The minimum Gasteiger partial charge on any atom is -0.383 e. The molecule has 2 rings (SSSR count). The molecule has 0 aromatic carbocycles. The highest BCUT2D eigenvalue weighted by molar-refractivity contribution is 5.90. The van der Waals surface area contributed by atoms with Crippen molar-refractivity contribution in [1.29, 1.82) is 0 Å². The summed E-state index contributed by atoms with van der Waals surface area (Å²) >= 11 is 0. The van der Waals surface area contributed by atoms with Crippen LogP contribution in [0.1, 0.15) is 18.4 Å². The van der Waals surface area contributed by atoms with E-state index >= 15 is 0 Å². The number of carbonyl (C=O) groups excluding carboxylic acids is 1. The molecule has 0 saturated heterocycles. The Bertz CT molecular complexity index is 549. The van der Waals surface area contributed by atoms with E-state index in [1.165, 1.54) is 10.6 Å². The quantitative estimate of drug-likeness (QED) is 0.851. The number of ether oxygens (including phenoxy) is 1. The molecule has 1 aliphatic carbocycles. The van der Waals surface area contributed by atoms with Gasteiger partial charge in [0.1, 0.15) is 0 Å². The SMILES string of the molecule is COCC(NC(=O)Nc1cn(C)c(=O)cc1C)C1CC1. The molecule has 1 atom stereocenters. The first kappa shape index (κ1) is 14.6. The Morgan fingerprint density at radius 3 is 2.85 bits per heavy atom. The Hall–Kier alpha value is -1.82. The van der Waals surface area contributed by atoms with Crippen LogP contribution in [0.2, 0.25) is 0 Å². The van der Waals surface area contributed by atoms with Crippen LogP contribution in [0.3, 0.4) is 0 Å². The number of hydrogen-bond donors (Lipinski definition) is 2. The number of nitrogens with zero attached hydrogens (tertiary/aromatic N) is 1. The van der Waals surface area contributed by atoms with Crippen LogP contribution in [0, 0.1) is 12.8 Å². The molecule has 0 aliphatic heterocycles. The molecular weight excluding hydrogens is 258 g/mol. The van der Waals surface area contributed by atoms with E-state index in [1.54, 1.807) is 27.3 Å². The third-order valence-electron chi connectivity index (χ3n) is 3.54. The largest absolute Gasteiger partial charge is 0.383 e. The van der Waals surface area contributed by atoms with E-state index < -0.39 is 0 Å². The molecule has 1 aromatic rings. The predicted octanol–water partition coefficient (Wildman–Crippen LogP) is 1.24. The van der Waals surface area contributed by atoms with Crippen molar-refractivity contribution in [1.82, 2.24) is 9.88 Å². The van der Waals surface area contributed by atoms with Crippen LogP contribution in [0.15, 0.2) is 17.1 Å². The minimum absolute atomic E-state index is 0.0489. The number of urea groups is 1. The van der Waals surface area contributed by atoms with Crippen molar-refractivity contribution < 1.29 is 9.53 Å². The van der Waals surface area contributed by atoms with E-state index in [9.17, 15) is 9.59 Å². The van der Waals surface area contributed by atoms with Gasteiger partial charge in [-0.25, -0.2) is 4.79 Å². The molecular formula is C14H21N3O3. The highest BCUT2D eigenvalue weighted by atomic mass is 16.5. The average Bonchev–Trinajstić information content (AvgIpc) is 3.19. The van der Waals surface area contributed by atoms with Crippen LogP contribution in [-0.4, -0.2) is 30.4 Å². The first-order chi connectivity index (χ1) is 9.51. The van der Waals surface area contributed by atoms with Crippen LogP contribution in [-0.2, 0) is 11.8 Å². The highest BCUT2D eigenvalue weighted by Gasteiger charge is 2.32. The third-order valence-corrected chi connectivity index (χ3v) is 3.54. The first-order valence-electron chi connectivity index (χ1n) is 6.75. The number of rotatable bonds is 5. The summed E-state index contributed by atoms with van der Waals surface area (Å²) in [7, 11) is 3.29. The summed E-state index contributed by atoms with van der Waals surface area (Å²) in [5.41, 5.74) is 1.29. The van der Waals surface area contributed by atoms with Crippen molar-refractivity contribution in [2.45, 2.75) is 25.8 Å². The summed E-state index contributed by atoms with van der Waals surface area (Å²) in [5, 5.41) is 5.71. The summed E-state index contributed by atoms with van der Waals surface area (Å²) in [6.07, 6.45) is 3.89. The standard InChI is InChI=1S/C14H21N3O3/c1-9-6-13(18)17(2)7-11(9)15-14(19)16-12(8-20-3)10-4-5-10/h6-7,10,12H,4-5,8H2,1-3H3,(H2,15,16,19). The second-order valence-corrected chi connectivity index (χ2v) is 5.32. The molecule has 2 N–H and O–H groups in total. The molecule has 2 amide bonds. The van der Waals surface area contributed by atoms with E-state index in [2.05, 4.69) is 10.6 Å². The molecule has 1 unspecified atom stereocenters. The number of anilines is 1. The Morgan fingerprint density at radius 1 is 1.55 bits per heavy atom. The lowest BCUT2D eigenvalue weighted by molar-refractivity contribution is 0.159. The maximum Gasteiger partial charge on any atom is 0.319 e. The minimum atomic E-state index is -0.263. The van der Waals surface area contributed by atoms with E-state index in [4.69, 9.17) is 4.74 Å². The van der Waals surface area contributed by atoms with Gasteiger partial charge in [-0.15, -0.1) is 0 Å². The lowest BCUT2D eigenvalue weighted by Gasteiger charge is -2.18. The molecule has 20 heavy (non-hydrogen) atoms. The number of nitrogens with one attached hydrogen (secondary N) is 2. The van der Waals surface area contributed by atoms with Crippen molar-refractivity contribution in [2.75, 3.05) is 19.0 Å². The van der Waals surface area contributed by atoms with Crippen LogP contribution in [0.25, 0.3) is 0 Å². The molecule has 1 saturated carbocycles. The number of aryl methyl sites for hydroxylation is 2. The highest BCUT2D eigenvalue weighted by Crippen LogP contribution is 2.32. The number of carbonyl (C=O) groups is 1. The van der Waals surface area contributed by atoms with Gasteiger partial charge in [-0.1, -0.05) is 0 Å². The van der Waals surface area contributed by atoms with Gasteiger partial charge in [0.05, 0.1) is 18.3 Å². The van der Waals surface area contributed by atoms with Gasteiger partial charge in [0.15, 0.2) is 0 Å². The van der Waals surface area contributed by atoms with E-state index in [-0.39, 0.29) is 17.6 Å². The lowest BCUT2D eigenvalue weighted by Crippen LogP contribution is -2.42. The zero-order valence-corrected chi connectivity index (χ0v) is 12.1. The van der Waals surface area contributed by atoms with Gasteiger partial charge in [0, 0.05) is 26.4 Å². The number of methoxy groups -OCH3 is 1. The molecule has 0 spiro atoms. The summed E-state index contributed by atoms with van der Waals surface area (Å²) in [6.45, 7) is 2.31. The predicted molar refractivity (Wildman–Crippen MR) is 77.0 cm³/mol. The number of hydrogen-bond acceptors (Lipinski definition) is 3. The third kappa shape index (κ3) is 3.60. The first-order valence-corrected chi connectivity index (χ1v) is 6.75. The van der Waals surface area contributed by atoms with Crippen LogP contribution in [0.5, 0.6) is 0 Å². The molecule has 1 fully saturated rings. The van der Waals surface area contributed by atoms with Crippen LogP contribution in [0.4, 0.5) is 10.5 Å². The maximum absolute atomic E-state index is 12.0. The van der Waals surface area contributed by atoms with E-state index in [0.717, 1.165) is 18.4 Å². The Balaban J connectivity index is 2.00. The summed E-state index contributed by atoms with van der Waals surface area (Å²) < 4.78 is 6.57. The fourth-order valence-electron chi connectivity index (χ4n) is 2.16. The van der Waals surface area contributed by atoms with Crippen molar-refractivity contribution in [3.05, 3.63) is 28.2 Å². The Labute approximate surface area is 118 Å². The topological polar surface area (TPSA) is 72.4 Å². The smallest absolute Gasteiger partial charge is 0.319 e. The molecule has 110 valence electrons. The van der Waals surface area contributed by atoms with Gasteiger partial charge in [-0.05, 0) is 31.2 Å². The maximum atomic E-state index is 12.0. The second kappa shape index (κ2) is 6.09. The lowest BCUT2D eigenvalue weighted by atomic mass is 10.2. The summed E-state index contributed by atoms with van der Waals surface area (Å²) in [4.78, 5) is 23.5. The average molecular weight is 279 g/mol. The molecule has 1 heterocycles. The monoisotopic (exact) mass is 279 g/mol. The van der Waals surface area contributed by atoms with Crippen LogP contribution < -0.4 is 16.2 Å². The number of amides is 2. The molecule has 6 nitrogen and oxygen atoms in total. The van der Waals surface area contributed by atoms with E-state index in [0.29, 0.717) is 18.2 Å². The van der Waals surface area contributed by atoms with Gasteiger partial charge in [0.25, 0.3) is 5.56 Å². The van der Waals surface area contributed by atoms with Gasteiger partial charge in [-0.2, -0.15) is 0 Å². The molecule has 1 aromatic heterocycles. The van der Waals surface area contributed by atoms with Crippen molar-refractivity contribution in [3.8, 4) is 0 Å². The fourth-order valence-corrected chi connectivity index (χ4v) is 2.16. The zero-order chi connectivity index (χ0) is 14.7. The second-order valence-electron chi connectivity index (χ2n) is 5.32. The molecule has 0 bridgehead atoms. The van der Waals surface area contributed by atoms with Crippen LogP contribution >= 0.6 is 0 Å². The number of pyridine rings is 1. The normalized spacial score (nSPS) is 15.8. The Kier molecular flexibility index (Phi) is 4.44. The molecule has 6 heteroatoms. The fraction of sp³-hybridized carbons (Fsp3) is 0.571. The van der Waals surface area contributed by atoms with Gasteiger partial charge >= 0.3 is 6.03 Å². The summed E-state index contributed by atoms with van der Waals surface area (Å²) in [6, 6.07) is 1.29. The summed E-state index contributed by atoms with van der Waals surface area (Å²) in [5.74, 6) is 0.516. The van der Waals surface area contributed by atoms with Gasteiger partial charge in [0.2, 0.25) is 0 Å². The van der Waals surface area contributed by atoms with Gasteiger partial charge < -0.3 is 19.9 Å². The Morgan fingerprint density at radius 2 is 2.25 bits per heavy atom. The van der Waals surface area contributed by atoms with E-state index in [1.807, 2.05) is 0 Å². The molecule has 0 radical (unpaired) electrons. The van der Waals surface area contributed by atoms with Crippen molar-refractivity contribution >= 4 is 11.7 Å². The zero-order valence-electron chi connectivity index (χ0n) is 12.1. The van der Waals surface area contributed by atoms with Crippen molar-refractivity contribution in [3.63, 3.8) is 0 Å². The molecule has 1 aliphatic rings.